The first-order valence-corrected chi connectivity index (χ1v) is 12.8. The van der Waals surface area contributed by atoms with Crippen molar-refractivity contribution in [2.24, 2.45) is 0 Å². The topological polar surface area (TPSA) is 108 Å². The number of ether oxygens (including phenoxy) is 1. The third kappa shape index (κ3) is 5.95. The fourth-order valence-corrected chi connectivity index (χ4v) is 4.92. The zero-order valence-corrected chi connectivity index (χ0v) is 20.7. The molecule has 0 spiro atoms. The van der Waals surface area contributed by atoms with Crippen molar-refractivity contribution in [2.75, 3.05) is 17.7 Å². The van der Waals surface area contributed by atoms with Crippen LogP contribution in [0.1, 0.15) is 41.3 Å². The maximum atomic E-state index is 12.7. The summed E-state index contributed by atoms with van der Waals surface area (Å²) >= 11 is 3.02. The second kappa shape index (κ2) is 11.2. The Hall–Kier alpha value is -3.37. The van der Waals surface area contributed by atoms with Gasteiger partial charge in [-0.05, 0) is 55.8 Å². The van der Waals surface area contributed by atoms with E-state index >= 15 is 0 Å². The van der Waals surface area contributed by atoms with E-state index in [2.05, 4.69) is 32.0 Å². The summed E-state index contributed by atoms with van der Waals surface area (Å²) in [6.45, 7) is 5.37. The number of nitrogens with zero attached hydrogens (tertiary/aromatic N) is 4. The number of carbonyl (C=O) groups is 1. The van der Waals surface area contributed by atoms with Crippen LogP contribution in [0.25, 0.3) is 0 Å². The van der Waals surface area contributed by atoms with Gasteiger partial charge in [-0.1, -0.05) is 23.9 Å². The predicted octanol–water partition coefficient (Wildman–Crippen LogP) is 4.87. The van der Waals surface area contributed by atoms with Crippen LogP contribution in [0.5, 0.6) is 5.75 Å². The monoisotopic (exact) mass is 494 g/mol. The standard InChI is InChI=1S/C24H26N6O2S2/c1-3-30-21(13-19-15-33-23(25)27-19)28-29-24(30)34-14-16-6-5-7-17(12-16)22(31)26-18-8-10-20(11-9-18)32-4-2/h5-12,15H,3-4,13-14H2,1-2H3,(H2,25,27)(H,26,31). The number of nitrogen functional groups attached to an aromatic ring is 1. The fourth-order valence-electron chi connectivity index (χ4n) is 3.39. The molecule has 0 unspecified atom stereocenters. The van der Waals surface area contributed by atoms with Gasteiger partial charge in [0.2, 0.25) is 0 Å². The zero-order valence-electron chi connectivity index (χ0n) is 19.0. The van der Waals surface area contributed by atoms with E-state index in [1.807, 2.05) is 60.8 Å². The second-order valence-electron chi connectivity index (χ2n) is 7.40. The van der Waals surface area contributed by atoms with Gasteiger partial charge in [0.05, 0.1) is 18.7 Å². The molecule has 0 aliphatic carbocycles. The van der Waals surface area contributed by atoms with Crippen LogP contribution in [0.3, 0.4) is 0 Å². The van der Waals surface area contributed by atoms with E-state index in [9.17, 15) is 4.79 Å². The summed E-state index contributed by atoms with van der Waals surface area (Å²) in [6.07, 6.45) is 0.594. The SMILES string of the molecule is CCOc1ccc(NC(=O)c2cccc(CSc3nnc(Cc4csc(N)n4)n3CC)c2)cc1. The average Bonchev–Trinajstić information content (AvgIpc) is 3.44. The normalized spacial score (nSPS) is 10.9. The minimum atomic E-state index is -0.155. The van der Waals surface area contributed by atoms with Crippen LogP contribution < -0.4 is 15.8 Å². The molecule has 0 atom stereocenters. The lowest BCUT2D eigenvalue weighted by atomic mass is 10.1. The van der Waals surface area contributed by atoms with Gasteiger partial charge in [-0.3, -0.25) is 4.79 Å². The number of amides is 1. The molecule has 3 N–H and O–H groups in total. The second-order valence-corrected chi connectivity index (χ2v) is 9.23. The Kier molecular flexibility index (Phi) is 7.81. The number of thiazole rings is 1. The Morgan fingerprint density at radius 3 is 2.71 bits per heavy atom. The van der Waals surface area contributed by atoms with Gasteiger partial charge in [0.1, 0.15) is 11.6 Å². The Balaban J connectivity index is 1.39. The van der Waals surface area contributed by atoms with Gasteiger partial charge in [-0.15, -0.1) is 21.5 Å². The summed E-state index contributed by atoms with van der Waals surface area (Å²) in [6, 6.07) is 15.0. The highest BCUT2D eigenvalue weighted by atomic mass is 32.2. The Morgan fingerprint density at radius 2 is 2.00 bits per heavy atom. The van der Waals surface area contributed by atoms with Gasteiger partial charge < -0.3 is 20.4 Å². The summed E-state index contributed by atoms with van der Waals surface area (Å²) in [5.41, 5.74) is 8.99. The van der Waals surface area contributed by atoms with E-state index in [4.69, 9.17) is 10.5 Å². The molecule has 4 rings (SSSR count). The molecule has 1 amide bonds. The number of hydrogen-bond donors (Lipinski definition) is 2. The van der Waals surface area contributed by atoms with Crippen molar-refractivity contribution in [2.45, 2.75) is 37.7 Å². The summed E-state index contributed by atoms with van der Waals surface area (Å²) in [5.74, 6) is 2.15. The van der Waals surface area contributed by atoms with Crippen LogP contribution in [-0.4, -0.2) is 32.3 Å². The number of nitrogens with two attached hydrogens (primary N) is 1. The minimum absolute atomic E-state index is 0.155. The molecule has 34 heavy (non-hydrogen) atoms. The highest BCUT2D eigenvalue weighted by Gasteiger charge is 2.14. The number of benzene rings is 2. The van der Waals surface area contributed by atoms with Crippen molar-refractivity contribution in [3.63, 3.8) is 0 Å². The smallest absolute Gasteiger partial charge is 0.255 e. The van der Waals surface area contributed by atoms with Crippen molar-refractivity contribution < 1.29 is 9.53 Å². The van der Waals surface area contributed by atoms with Gasteiger partial charge >= 0.3 is 0 Å². The molecular formula is C24H26N6O2S2. The summed E-state index contributed by atoms with van der Waals surface area (Å²) in [7, 11) is 0. The molecule has 2 heterocycles. The maximum Gasteiger partial charge on any atom is 0.255 e. The van der Waals surface area contributed by atoms with Crippen LogP contribution >= 0.6 is 23.1 Å². The number of anilines is 2. The molecule has 0 aliphatic heterocycles. The van der Waals surface area contributed by atoms with Crippen LogP contribution in [0.4, 0.5) is 10.8 Å². The molecule has 0 radical (unpaired) electrons. The molecule has 176 valence electrons. The number of nitrogens with one attached hydrogen (secondary N) is 1. The highest BCUT2D eigenvalue weighted by Crippen LogP contribution is 2.24. The molecule has 0 aliphatic rings. The van der Waals surface area contributed by atoms with Gasteiger partial charge in [0, 0.05) is 28.9 Å². The van der Waals surface area contributed by atoms with Crippen molar-refractivity contribution in [1.29, 1.82) is 0 Å². The fraction of sp³-hybridized carbons (Fsp3) is 0.250. The van der Waals surface area contributed by atoms with E-state index in [-0.39, 0.29) is 5.91 Å². The largest absolute Gasteiger partial charge is 0.494 e. The summed E-state index contributed by atoms with van der Waals surface area (Å²) in [5, 5.41) is 15.0. The molecule has 8 nitrogen and oxygen atoms in total. The summed E-state index contributed by atoms with van der Waals surface area (Å²) in [4.78, 5) is 17.1. The van der Waals surface area contributed by atoms with Crippen LogP contribution in [0, 0.1) is 0 Å². The van der Waals surface area contributed by atoms with E-state index in [1.165, 1.54) is 11.3 Å². The number of thioether (sulfide) groups is 1. The van der Waals surface area contributed by atoms with Crippen molar-refractivity contribution in [3.8, 4) is 5.75 Å². The average molecular weight is 495 g/mol. The maximum absolute atomic E-state index is 12.7. The van der Waals surface area contributed by atoms with Crippen molar-refractivity contribution in [1.82, 2.24) is 19.7 Å². The number of aromatic nitrogens is 4. The quantitative estimate of drug-likeness (QED) is 0.303. The van der Waals surface area contributed by atoms with Crippen LogP contribution in [0.2, 0.25) is 0 Å². The number of rotatable bonds is 10. The van der Waals surface area contributed by atoms with E-state index in [0.717, 1.165) is 40.2 Å². The zero-order chi connectivity index (χ0) is 23.9. The van der Waals surface area contributed by atoms with E-state index in [0.29, 0.717) is 29.5 Å². The lowest BCUT2D eigenvalue weighted by Gasteiger charge is -2.09. The Labute approximate surface area is 206 Å². The van der Waals surface area contributed by atoms with Gasteiger partial charge in [-0.25, -0.2) is 4.98 Å². The molecule has 0 bridgehead atoms. The first-order valence-electron chi connectivity index (χ1n) is 10.9. The lowest BCUT2D eigenvalue weighted by molar-refractivity contribution is 0.102. The van der Waals surface area contributed by atoms with Crippen molar-refractivity contribution in [3.05, 3.63) is 76.6 Å². The van der Waals surface area contributed by atoms with Gasteiger partial charge in [0.15, 0.2) is 10.3 Å². The Bertz CT molecular complexity index is 1250. The molecular weight excluding hydrogens is 468 g/mol. The lowest BCUT2D eigenvalue weighted by Crippen LogP contribution is -2.12. The van der Waals surface area contributed by atoms with E-state index < -0.39 is 0 Å². The highest BCUT2D eigenvalue weighted by molar-refractivity contribution is 7.98. The Morgan fingerprint density at radius 1 is 1.18 bits per heavy atom. The minimum Gasteiger partial charge on any atom is -0.494 e. The number of hydrogen-bond acceptors (Lipinski definition) is 8. The predicted molar refractivity (Wildman–Crippen MR) is 137 cm³/mol. The molecule has 0 fully saturated rings. The van der Waals surface area contributed by atoms with Crippen LogP contribution in [-0.2, 0) is 18.7 Å². The summed E-state index contributed by atoms with van der Waals surface area (Å²) < 4.78 is 7.53. The molecule has 2 aromatic carbocycles. The molecule has 10 heteroatoms. The van der Waals surface area contributed by atoms with E-state index in [1.54, 1.807) is 11.8 Å². The molecule has 4 aromatic rings. The van der Waals surface area contributed by atoms with Gasteiger partial charge in [0.25, 0.3) is 5.91 Å². The molecule has 0 saturated heterocycles. The van der Waals surface area contributed by atoms with Gasteiger partial charge in [-0.2, -0.15) is 0 Å². The molecule has 2 aromatic heterocycles. The van der Waals surface area contributed by atoms with Crippen LogP contribution in [0.15, 0.2) is 59.1 Å². The third-order valence-corrected chi connectivity index (χ3v) is 6.76. The first-order chi connectivity index (χ1) is 16.6. The van der Waals surface area contributed by atoms with Crippen molar-refractivity contribution >= 4 is 39.8 Å². The molecule has 0 saturated carbocycles. The first kappa shape index (κ1) is 23.8. The number of carbonyl (C=O) groups excluding carboxylic acids is 1. The third-order valence-electron chi connectivity index (χ3n) is 5.00.